The molecule has 2 heterocycles. The van der Waals surface area contributed by atoms with Crippen LogP contribution in [0.5, 0.6) is 0 Å². The van der Waals surface area contributed by atoms with Crippen molar-refractivity contribution in [1.82, 2.24) is 0 Å². The molecule has 2 aromatic rings. The van der Waals surface area contributed by atoms with Gasteiger partial charge in [-0.3, -0.25) is 0 Å². The second kappa shape index (κ2) is 8.57. The average molecular weight is 383 g/mol. The van der Waals surface area contributed by atoms with Crippen LogP contribution in [0.2, 0.25) is 0 Å². The number of hydrogen-bond acceptors (Lipinski definition) is 2. The van der Waals surface area contributed by atoms with E-state index in [2.05, 4.69) is 110 Å². The molecule has 0 fully saturated rings. The highest BCUT2D eigenvalue weighted by Gasteiger charge is 2.16. The third-order valence-electron chi connectivity index (χ3n) is 5.89. The third kappa shape index (κ3) is 3.93. The van der Waals surface area contributed by atoms with E-state index in [1.165, 1.54) is 39.2 Å². The number of allylic oxidation sites excluding steroid dienone is 4. The highest BCUT2D eigenvalue weighted by atomic mass is 15.1. The van der Waals surface area contributed by atoms with Gasteiger partial charge in [0.1, 0.15) is 0 Å². The van der Waals surface area contributed by atoms with Crippen molar-refractivity contribution in [2.75, 3.05) is 22.9 Å². The van der Waals surface area contributed by atoms with Crippen molar-refractivity contribution in [3.63, 3.8) is 0 Å². The predicted octanol–water partition coefficient (Wildman–Crippen LogP) is 6.34. The van der Waals surface area contributed by atoms with Gasteiger partial charge in [0.05, 0.1) is 0 Å². The van der Waals surface area contributed by atoms with Crippen LogP contribution in [0.4, 0.5) is 11.4 Å². The van der Waals surface area contributed by atoms with Gasteiger partial charge in [0.15, 0.2) is 0 Å². The summed E-state index contributed by atoms with van der Waals surface area (Å²) in [5, 5.41) is 0. The Balaban J connectivity index is 1.49. The van der Waals surface area contributed by atoms with E-state index < -0.39 is 0 Å². The second-order valence-corrected chi connectivity index (χ2v) is 7.67. The fourth-order valence-corrected chi connectivity index (χ4v) is 4.23. The van der Waals surface area contributed by atoms with Crippen LogP contribution in [-0.4, -0.2) is 13.1 Å². The minimum absolute atomic E-state index is 0.907. The fraction of sp³-hybridized carbons (Fsp3) is 0.259. The number of rotatable bonds is 5. The summed E-state index contributed by atoms with van der Waals surface area (Å²) >= 11 is 0. The van der Waals surface area contributed by atoms with Crippen LogP contribution in [0.25, 0.3) is 0 Å². The largest absolute Gasteiger partial charge is 0.344 e. The zero-order chi connectivity index (χ0) is 20.2. The molecule has 0 radical (unpaired) electrons. The summed E-state index contributed by atoms with van der Waals surface area (Å²) in [6, 6.07) is 15.3. The molecule has 2 nitrogen and oxygen atoms in total. The number of benzene rings is 2. The number of hydrogen-bond donors (Lipinski definition) is 0. The predicted molar refractivity (Wildman–Crippen MR) is 126 cm³/mol. The molecule has 0 aromatic heterocycles. The van der Waals surface area contributed by atoms with E-state index in [1.807, 2.05) is 0 Å². The van der Waals surface area contributed by atoms with E-state index in [0.29, 0.717) is 0 Å². The van der Waals surface area contributed by atoms with Crippen molar-refractivity contribution in [3.05, 3.63) is 107 Å². The Morgan fingerprint density at radius 1 is 0.724 bits per heavy atom. The first-order valence-corrected chi connectivity index (χ1v) is 10.7. The summed E-state index contributed by atoms with van der Waals surface area (Å²) < 4.78 is 0. The molecule has 0 saturated heterocycles. The first-order chi connectivity index (χ1) is 14.2. The number of aryl methyl sites for hydroxylation is 3. The van der Waals surface area contributed by atoms with E-state index in [9.17, 15) is 0 Å². The molecule has 29 heavy (non-hydrogen) atoms. The van der Waals surface area contributed by atoms with Crippen LogP contribution in [0.1, 0.15) is 30.5 Å². The molecule has 2 aliphatic heterocycles. The van der Waals surface area contributed by atoms with Gasteiger partial charge in [-0.15, -0.1) is 0 Å². The molecule has 0 saturated carbocycles. The molecular formula is C27H30N2. The van der Waals surface area contributed by atoms with Gasteiger partial charge in [0.25, 0.3) is 0 Å². The molecule has 0 atom stereocenters. The van der Waals surface area contributed by atoms with Gasteiger partial charge < -0.3 is 9.80 Å². The molecule has 2 heteroatoms. The zero-order valence-electron chi connectivity index (χ0n) is 17.7. The lowest BCUT2D eigenvalue weighted by atomic mass is 9.98. The standard InChI is InChI=1S/C27H30N2/c1-4-22-10-8-11-23(5-2)27(22)29-19-15-25(16-20-29)24-13-17-28(18-14-24)26-12-7-6-9-21(26)3/h6-17,19H,4-5,18,20H2,1-3H3. The Morgan fingerprint density at radius 3 is 1.83 bits per heavy atom. The molecule has 4 rings (SSSR count). The Morgan fingerprint density at radius 2 is 1.31 bits per heavy atom. The molecule has 0 unspecified atom stereocenters. The van der Waals surface area contributed by atoms with E-state index in [-0.39, 0.29) is 0 Å². The molecule has 0 bridgehead atoms. The van der Waals surface area contributed by atoms with Gasteiger partial charge in [-0.25, -0.2) is 0 Å². The van der Waals surface area contributed by atoms with Gasteiger partial charge in [-0.2, -0.15) is 0 Å². The van der Waals surface area contributed by atoms with Crippen molar-refractivity contribution in [3.8, 4) is 0 Å². The minimum atomic E-state index is 0.907. The topological polar surface area (TPSA) is 6.48 Å². The summed E-state index contributed by atoms with van der Waals surface area (Å²) in [4.78, 5) is 4.71. The highest BCUT2D eigenvalue weighted by Crippen LogP contribution is 2.31. The fourth-order valence-electron chi connectivity index (χ4n) is 4.23. The molecule has 148 valence electrons. The SMILES string of the molecule is CCc1cccc(CC)c1N1C=CC(C2=CCN(c3ccccc3C)C=C2)=CC1. The third-order valence-corrected chi connectivity index (χ3v) is 5.89. The molecule has 2 aromatic carbocycles. The van der Waals surface area contributed by atoms with Crippen LogP contribution < -0.4 is 9.80 Å². The lowest BCUT2D eigenvalue weighted by Gasteiger charge is -2.29. The van der Waals surface area contributed by atoms with Crippen molar-refractivity contribution < 1.29 is 0 Å². The van der Waals surface area contributed by atoms with Gasteiger partial charge in [-0.05, 0) is 65.8 Å². The maximum Gasteiger partial charge on any atom is 0.0473 e. The van der Waals surface area contributed by atoms with E-state index in [1.54, 1.807) is 0 Å². The summed E-state index contributed by atoms with van der Waals surface area (Å²) in [7, 11) is 0. The van der Waals surface area contributed by atoms with Gasteiger partial charge in [0, 0.05) is 36.9 Å². The molecule has 0 N–H and O–H groups in total. The van der Waals surface area contributed by atoms with Crippen molar-refractivity contribution in [2.24, 2.45) is 0 Å². The van der Waals surface area contributed by atoms with E-state index >= 15 is 0 Å². The van der Waals surface area contributed by atoms with Crippen LogP contribution in [-0.2, 0) is 12.8 Å². The summed E-state index contributed by atoms with van der Waals surface area (Å²) in [5.74, 6) is 0. The van der Waals surface area contributed by atoms with Crippen molar-refractivity contribution in [2.45, 2.75) is 33.6 Å². The number of para-hydroxylation sites is 2. The van der Waals surface area contributed by atoms with Crippen molar-refractivity contribution in [1.29, 1.82) is 0 Å². The summed E-state index contributed by atoms with van der Waals surface area (Å²) in [6.07, 6.45) is 15.8. The lowest BCUT2D eigenvalue weighted by molar-refractivity contribution is 0.986. The Labute approximate surface area is 175 Å². The van der Waals surface area contributed by atoms with Crippen LogP contribution in [0.3, 0.4) is 0 Å². The number of nitrogens with zero attached hydrogens (tertiary/aromatic N) is 2. The van der Waals surface area contributed by atoms with Crippen molar-refractivity contribution >= 4 is 11.4 Å². The highest BCUT2D eigenvalue weighted by molar-refractivity contribution is 5.65. The van der Waals surface area contributed by atoms with Gasteiger partial charge in [-0.1, -0.05) is 62.4 Å². The Kier molecular flexibility index (Phi) is 5.71. The number of anilines is 2. The molecule has 0 spiro atoms. The molecule has 0 aliphatic carbocycles. The van der Waals surface area contributed by atoms with Gasteiger partial charge >= 0.3 is 0 Å². The van der Waals surface area contributed by atoms with Crippen LogP contribution in [0, 0.1) is 6.92 Å². The molecular weight excluding hydrogens is 352 g/mol. The monoisotopic (exact) mass is 382 g/mol. The maximum absolute atomic E-state index is 2.40. The van der Waals surface area contributed by atoms with E-state index in [0.717, 1.165) is 25.9 Å². The second-order valence-electron chi connectivity index (χ2n) is 7.67. The minimum Gasteiger partial charge on any atom is -0.344 e. The van der Waals surface area contributed by atoms with Gasteiger partial charge in [0.2, 0.25) is 0 Å². The maximum atomic E-state index is 2.40. The summed E-state index contributed by atoms with van der Waals surface area (Å²) in [5.41, 5.74) is 9.46. The quantitative estimate of drug-likeness (QED) is 0.595. The first-order valence-electron chi connectivity index (χ1n) is 10.7. The summed E-state index contributed by atoms with van der Waals surface area (Å²) in [6.45, 7) is 8.48. The average Bonchev–Trinajstić information content (AvgIpc) is 2.79. The first kappa shape index (κ1) is 19.3. The Bertz CT molecular complexity index is 985. The molecule has 0 amide bonds. The van der Waals surface area contributed by atoms with Crippen LogP contribution >= 0.6 is 0 Å². The Hall–Kier alpha value is -3.00. The smallest absolute Gasteiger partial charge is 0.0473 e. The lowest BCUT2D eigenvalue weighted by Crippen LogP contribution is -2.23. The van der Waals surface area contributed by atoms with Crippen LogP contribution in [0.15, 0.2) is 90.3 Å². The normalized spacial score (nSPS) is 16.1. The van der Waals surface area contributed by atoms with E-state index in [4.69, 9.17) is 0 Å². The zero-order valence-corrected chi connectivity index (χ0v) is 17.7. The molecule has 2 aliphatic rings.